The van der Waals surface area contributed by atoms with Crippen molar-refractivity contribution < 1.29 is 37.2 Å². The largest absolute Gasteiger partial charge is 0.694 e. The predicted octanol–water partition coefficient (Wildman–Crippen LogP) is 1.04. The molecule has 0 aliphatic carbocycles. The predicted molar refractivity (Wildman–Crippen MR) is 103 cm³/mol. The van der Waals surface area contributed by atoms with E-state index in [0.29, 0.717) is 5.82 Å². The first-order valence-corrected chi connectivity index (χ1v) is 11.7. The monoisotopic (exact) mass is 476 g/mol. The molecule has 0 aromatic carbocycles. The topological polar surface area (TPSA) is 199 Å². The van der Waals surface area contributed by atoms with E-state index in [-0.39, 0.29) is 30.8 Å². The number of nitrogens with zero attached hydrogens (tertiary/aromatic N) is 4. The normalized spacial score (nSPS) is 26.0. The van der Waals surface area contributed by atoms with Crippen LogP contribution in [0, 0.1) is 24.2 Å². The Labute approximate surface area is 176 Å². The second kappa shape index (κ2) is 9.60. The molecular formula is C15H20N5O9P2+. The lowest BCUT2D eigenvalue weighted by atomic mass is 10.0. The summed E-state index contributed by atoms with van der Waals surface area (Å²) in [7, 11) is -7.48. The average molecular weight is 476 g/mol. The Morgan fingerprint density at radius 3 is 2.94 bits per heavy atom. The van der Waals surface area contributed by atoms with Crippen molar-refractivity contribution in [2.75, 3.05) is 13.2 Å². The number of fused-ring (bicyclic) bond motifs is 1. The number of H-pyrrole nitrogens is 1. The Balaban J connectivity index is 1.95. The van der Waals surface area contributed by atoms with Crippen LogP contribution in [-0.4, -0.2) is 54.7 Å². The van der Waals surface area contributed by atoms with Crippen molar-refractivity contribution in [3.63, 3.8) is 0 Å². The summed E-state index contributed by atoms with van der Waals surface area (Å²) in [6.07, 6.45) is -1.84. The highest BCUT2D eigenvalue weighted by Gasteiger charge is 2.48. The van der Waals surface area contributed by atoms with E-state index in [9.17, 15) is 18.8 Å². The average Bonchev–Trinajstić information content (AvgIpc) is 3.22. The minimum absolute atomic E-state index is 0.0243. The van der Waals surface area contributed by atoms with Crippen LogP contribution in [0.4, 0.5) is 0 Å². The van der Waals surface area contributed by atoms with E-state index in [1.54, 1.807) is 19.9 Å². The third-order valence-corrected chi connectivity index (χ3v) is 5.99. The van der Waals surface area contributed by atoms with Crippen LogP contribution >= 0.6 is 16.1 Å². The number of phosphoric ester groups is 1. The first-order chi connectivity index (χ1) is 14.6. The highest BCUT2D eigenvalue weighted by atomic mass is 31.2. The number of hydrogen-bond acceptors (Lipinski definition) is 10. The van der Waals surface area contributed by atoms with E-state index < -0.39 is 46.0 Å². The summed E-state index contributed by atoms with van der Waals surface area (Å²) in [5.41, 5.74) is -0.300. The first-order valence-electron chi connectivity index (χ1n) is 9.03. The van der Waals surface area contributed by atoms with Gasteiger partial charge in [0.25, 0.3) is 5.56 Å². The number of aryl methyl sites for hydroxylation is 1. The summed E-state index contributed by atoms with van der Waals surface area (Å²) >= 11 is 0. The molecule has 1 fully saturated rings. The van der Waals surface area contributed by atoms with Gasteiger partial charge in [-0.3, -0.25) is 18.4 Å². The molecule has 14 nitrogen and oxygen atoms in total. The van der Waals surface area contributed by atoms with E-state index in [1.165, 1.54) is 10.9 Å². The molecule has 168 valence electrons. The van der Waals surface area contributed by atoms with Crippen molar-refractivity contribution >= 4 is 27.2 Å². The van der Waals surface area contributed by atoms with Crippen LogP contribution in [0.15, 0.2) is 11.1 Å². The third-order valence-electron chi connectivity index (χ3n) is 4.60. The van der Waals surface area contributed by atoms with Crippen molar-refractivity contribution in [3.05, 3.63) is 22.5 Å². The van der Waals surface area contributed by atoms with E-state index >= 15 is 0 Å². The molecule has 0 amide bonds. The molecule has 2 aromatic heterocycles. The van der Waals surface area contributed by atoms with Gasteiger partial charge >= 0.3 is 16.1 Å². The second-order valence-corrected chi connectivity index (χ2v) is 8.85. The molecule has 1 aliphatic rings. The Morgan fingerprint density at radius 2 is 2.26 bits per heavy atom. The molecule has 0 bridgehead atoms. The number of hydrogen-bond donors (Lipinski definition) is 3. The molecule has 4 unspecified atom stereocenters. The molecule has 0 saturated carbocycles. The van der Waals surface area contributed by atoms with Crippen molar-refractivity contribution in [2.24, 2.45) is 5.92 Å². The third kappa shape index (κ3) is 5.41. The van der Waals surface area contributed by atoms with Crippen LogP contribution in [0.25, 0.3) is 11.2 Å². The molecule has 2 aromatic rings. The number of rotatable bonds is 9. The zero-order chi connectivity index (χ0) is 22.8. The number of nitriles is 1. The molecule has 1 saturated heterocycles. The molecule has 1 aliphatic heterocycles. The quantitative estimate of drug-likeness (QED) is 0.344. The summed E-state index contributed by atoms with van der Waals surface area (Å²) in [4.78, 5) is 41.9. The fraction of sp³-hybridized carbons (Fsp3) is 0.600. The highest BCUT2D eigenvalue weighted by molar-refractivity contribution is 7.47. The van der Waals surface area contributed by atoms with Crippen molar-refractivity contribution in [1.29, 1.82) is 5.26 Å². The molecule has 3 rings (SSSR count). The minimum Gasteiger partial charge on any atom is -0.349 e. The van der Waals surface area contributed by atoms with Gasteiger partial charge in [0.15, 0.2) is 17.4 Å². The summed E-state index contributed by atoms with van der Waals surface area (Å²) in [5.74, 6) is -0.298. The molecule has 0 spiro atoms. The molecule has 6 atom stereocenters. The van der Waals surface area contributed by atoms with Gasteiger partial charge in [0.1, 0.15) is 18.5 Å². The standard InChI is InChI=1S/C15H19N5O9P2/c1-8-10(6-26-30(22)23)28-15(12(8)29-31(24,25)27-5-3-4-16)20-7-17-11-13(20)18-9(2)19-14(11)21/h7-8,10,12,15H,3,5-6H2,1-2H3,(H2-,18,19,21,22,23,24,25)/p+1/t8?,10-,12?,15-/m1/s1. The van der Waals surface area contributed by atoms with Gasteiger partial charge < -0.3 is 14.6 Å². The number of aromatic amines is 1. The summed E-state index contributed by atoms with van der Waals surface area (Å²) in [5, 5.41) is 8.57. The lowest BCUT2D eigenvalue weighted by molar-refractivity contribution is -0.0467. The van der Waals surface area contributed by atoms with Gasteiger partial charge in [-0.25, -0.2) is 14.5 Å². The van der Waals surface area contributed by atoms with Crippen molar-refractivity contribution in [1.82, 2.24) is 19.5 Å². The van der Waals surface area contributed by atoms with Crippen LogP contribution in [0.3, 0.4) is 0 Å². The van der Waals surface area contributed by atoms with E-state index in [1.807, 2.05) is 0 Å². The molecule has 0 radical (unpaired) electrons. The lowest BCUT2D eigenvalue weighted by Crippen LogP contribution is -2.28. The fourth-order valence-electron chi connectivity index (χ4n) is 3.16. The van der Waals surface area contributed by atoms with Crippen LogP contribution in [-0.2, 0) is 27.4 Å². The number of imidazole rings is 1. The van der Waals surface area contributed by atoms with Crippen LogP contribution < -0.4 is 5.56 Å². The Bertz CT molecular complexity index is 1110. The van der Waals surface area contributed by atoms with E-state index in [0.717, 1.165) is 0 Å². The molecule has 3 heterocycles. The Hall–Kier alpha value is -2.07. The Morgan fingerprint density at radius 1 is 1.52 bits per heavy atom. The summed E-state index contributed by atoms with van der Waals surface area (Å²) < 4.78 is 45.4. The minimum atomic E-state index is -4.59. The van der Waals surface area contributed by atoms with Gasteiger partial charge in [0.05, 0.1) is 31.5 Å². The maximum atomic E-state index is 12.4. The molecule has 31 heavy (non-hydrogen) atoms. The maximum Gasteiger partial charge on any atom is 0.694 e. The second-order valence-electron chi connectivity index (χ2n) is 6.71. The van der Waals surface area contributed by atoms with Crippen LogP contribution in [0.5, 0.6) is 0 Å². The van der Waals surface area contributed by atoms with Crippen LogP contribution in [0.2, 0.25) is 0 Å². The number of ether oxygens (including phenoxy) is 1. The van der Waals surface area contributed by atoms with Gasteiger partial charge in [-0.15, -0.1) is 9.42 Å². The fourth-order valence-corrected chi connectivity index (χ4v) is 4.43. The van der Waals surface area contributed by atoms with Crippen LogP contribution in [0.1, 0.15) is 25.4 Å². The van der Waals surface area contributed by atoms with Gasteiger partial charge in [0.2, 0.25) is 0 Å². The van der Waals surface area contributed by atoms with Gasteiger partial charge in [0, 0.05) is 10.5 Å². The first kappa shape index (κ1) is 23.6. The zero-order valence-electron chi connectivity index (χ0n) is 16.4. The summed E-state index contributed by atoms with van der Waals surface area (Å²) in [6.45, 7) is 2.58. The van der Waals surface area contributed by atoms with Crippen molar-refractivity contribution in [2.45, 2.75) is 38.7 Å². The highest BCUT2D eigenvalue weighted by Crippen LogP contribution is 2.51. The maximum absolute atomic E-state index is 12.4. The Kier molecular flexibility index (Phi) is 7.31. The lowest BCUT2D eigenvalue weighted by Gasteiger charge is -2.24. The van der Waals surface area contributed by atoms with Crippen molar-refractivity contribution in [3.8, 4) is 6.07 Å². The smallest absolute Gasteiger partial charge is 0.349 e. The SMILES string of the molecule is Cc1nc2c(ncn2[C@@H]2O[C@H](CO[P+](=O)O)C(C)C2OP(=O)(O)OCCC#N)c(=O)[nH]1. The molecular weight excluding hydrogens is 456 g/mol. The van der Waals surface area contributed by atoms with Gasteiger partial charge in [-0.1, -0.05) is 6.92 Å². The number of nitrogens with one attached hydrogen (secondary N) is 1. The van der Waals surface area contributed by atoms with E-state index in [4.69, 9.17) is 28.5 Å². The van der Waals surface area contributed by atoms with Gasteiger partial charge in [-0.05, 0) is 6.92 Å². The van der Waals surface area contributed by atoms with Gasteiger partial charge in [-0.2, -0.15) is 5.26 Å². The van der Waals surface area contributed by atoms with E-state index in [2.05, 4.69) is 15.0 Å². The number of phosphoric acid groups is 1. The molecule has 3 N–H and O–H groups in total. The molecule has 16 heteroatoms. The number of aromatic nitrogens is 4. The summed E-state index contributed by atoms with van der Waals surface area (Å²) in [6, 6.07) is 1.78. The zero-order valence-corrected chi connectivity index (χ0v) is 18.2.